The van der Waals surface area contributed by atoms with Gasteiger partial charge >= 0.3 is 0 Å². The van der Waals surface area contributed by atoms with E-state index in [0.717, 1.165) is 74.1 Å². The van der Waals surface area contributed by atoms with Gasteiger partial charge in [-0.15, -0.1) is 0 Å². The molecule has 396 valence electrons. The second-order valence-corrected chi connectivity index (χ2v) is 26.0. The molecule has 2 saturated heterocycles. The van der Waals surface area contributed by atoms with Crippen molar-refractivity contribution in [1.29, 1.82) is 0 Å². The Hall–Kier alpha value is -2.12. The highest BCUT2D eigenvalue weighted by Gasteiger charge is 2.39. The first-order chi connectivity index (χ1) is 33.6. The number of nitrogens with zero attached hydrogens (tertiary/aromatic N) is 2. The summed E-state index contributed by atoms with van der Waals surface area (Å²) < 4.78 is 51.6. The maximum atomic E-state index is 13.7. The van der Waals surface area contributed by atoms with Crippen molar-refractivity contribution in [2.24, 2.45) is 0 Å². The Morgan fingerprint density at radius 3 is 1.08 bits per heavy atom. The van der Waals surface area contributed by atoms with Gasteiger partial charge in [-0.1, -0.05) is 117 Å². The van der Waals surface area contributed by atoms with Crippen LogP contribution in [0.2, 0.25) is 40.2 Å². The molecule has 72 heavy (non-hydrogen) atoms. The highest BCUT2D eigenvalue weighted by molar-refractivity contribution is 7.89. The molecular weight excluding hydrogens is 1130 g/mol. The molecule has 12 nitrogen and oxygen atoms in total. The summed E-state index contributed by atoms with van der Waals surface area (Å²) in [7, 11) is -6.46. The van der Waals surface area contributed by atoms with Crippen molar-refractivity contribution in [1.82, 2.24) is 29.9 Å². The zero-order chi connectivity index (χ0) is 53.3. The zero-order valence-electron chi connectivity index (χ0n) is 40.9. The second-order valence-electron chi connectivity index (χ2n) is 19.2. The van der Waals surface area contributed by atoms with E-state index >= 15 is 0 Å². The SMILES string of the molecule is CC(NC(=O)C(C)(CCN1CCC(NS(C)(=O)=O)CC1)c1ccc(Cl)c(Cl)c1)c1ccc(Cl)c(Cl)c1.CC(NC(=O)C(C)(CCN1CCC(NS(C)(=O)=O)CC1)c1ccc(Cl)c(Cl)c1)c1ccc(Cl)c(Cl)c1. The van der Waals surface area contributed by atoms with E-state index in [1.165, 1.54) is 12.5 Å². The number of amides is 2. The normalized spacial score (nSPS) is 18.0. The number of piperidine rings is 2. The van der Waals surface area contributed by atoms with Gasteiger partial charge < -0.3 is 20.4 Å². The lowest BCUT2D eigenvalue weighted by molar-refractivity contribution is -0.128. The molecule has 4 aromatic carbocycles. The third kappa shape index (κ3) is 17.5. The zero-order valence-corrected chi connectivity index (χ0v) is 48.6. The van der Waals surface area contributed by atoms with Crippen LogP contribution in [0, 0.1) is 0 Å². The fourth-order valence-corrected chi connectivity index (χ4v) is 11.7. The number of nitrogens with one attached hydrogen (secondary N) is 4. The first-order valence-corrected chi connectivity index (χ1v) is 30.2. The van der Waals surface area contributed by atoms with Crippen molar-refractivity contribution in [3.8, 4) is 0 Å². The Labute approximate surface area is 465 Å². The van der Waals surface area contributed by atoms with Gasteiger partial charge in [0, 0.05) is 12.1 Å². The van der Waals surface area contributed by atoms with Crippen molar-refractivity contribution < 1.29 is 26.4 Å². The molecule has 0 spiro atoms. The number of halogens is 8. The number of hydrogen-bond acceptors (Lipinski definition) is 8. The van der Waals surface area contributed by atoms with Crippen LogP contribution in [-0.2, 0) is 40.5 Å². The van der Waals surface area contributed by atoms with Gasteiger partial charge in [0.2, 0.25) is 31.9 Å². The average molecular weight is 1190 g/mol. The molecule has 0 saturated carbocycles. The van der Waals surface area contributed by atoms with Gasteiger partial charge in [0.05, 0.1) is 75.6 Å². The molecule has 2 aliphatic heterocycles. The number of sulfonamides is 2. The Morgan fingerprint density at radius 2 is 0.806 bits per heavy atom. The molecule has 0 radical (unpaired) electrons. The average Bonchev–Trinajstić information content (AvgIpc) is 3.31. The Morgan fingerprint density at radius 1 is 0.514 bits per heavy atom. The summed E-state index contributed by atoms with van der Waals surface area (Å²) in [5.41, 5.74) is 1.44. The lowest BCUT2D eigenvalue weighted by Gasteiger charge is -2.36. The number of carbonyl (C=O) groups excluding carboxylic acids is 2. The number of rotatable bonds is 18. The van der Waals surface area contributed by atoms with Gasteiger partial charge in [-0.05, 0) is 176 Å². The van der Waals surface area contributed by atoms with Gasteiger partial charge in [-0.2, -0.15) is 0 Å². The molecule has 0 bridgehead atoms. The molecule has 2 fully saturated rings. The summed E-state index contributed by atoms with van der Waals surface area (Å²) in [6, 6.07) is 20.4. The van der Waals surface area contributed by atoms with Gasteiger partial charge in [-0.25, -0.2) is 26.3 Å². The molecule has 4 N–H and O–H groups in total. The highest BCUT2D eigenvalue weighted by Crippen LogP contribution is 2.37. The summed E-state index contributed by atoms with van der Waals surface area (Å²) in [6.07, 6.45) is 6.31. The van der Waals surface area contributed by atoms with E-state index in [4.69, 9.17) is 92.8 Å². The fourth-order valence-electron chi connectivity index (χ4n) is 8.82. The van der Waals surface area contributed by atoms with E-state index in [2.05, 4.69) is 29.9 Å². The van der Waals surface area contributed by atoms with Gasteiger partial charge in [0.15, 0.2) is 0 Å². The van der Waals surface area contributed by atoms with E-state index in [9.17, 15) is 26.4 Å². The molecule has 4 aromatic rings. The summed E-state index contributed by atoms with van der Waals surface area (Å²) >= 11 is 49.4. The molecule has 0 aromatic heterocycles. The van der Waals surface area contributed by atoms with Crippen LogP contribution in [0.3, 0.4) is 0 Å². The first kappa shape index (κ1) is 60.7. The van der Waals surface area contributed by atoms with Gasteiger partial charge in [0.1, 0.15) is 0 Å². The largest absolute Gasteiger partial charge is 0.349 e. The van der Waals surface area contributed by atoms with Crippen LogP contribution in [0.25, 0.3) is 0 Å². The Balaban J connectivity index is 0.000000267. The summed E-state index contributed by atoms with van der Waals surface area (Å²) in [5, 5.41) is 9.63. The van der Waals surface area contributed by atoms with Crippen molar-refractivity contribution in [2.45, 2.75) is 101 Å². The number of benzene rings is 4. The van der Waals surface area contributed by atoms with Crippen LogP contribution in [0.5, 0.6) is 0 Å². The molecule has 6 rings (SSSR count). The highest BCUT2D eigenvalue weighted by atomic mass is 35.5. The minimum atomic E-state index is -3.23. The van der Waals surface area contributed by atoms with Crippen molar-refractivity contribution in [3.63, 3.8) is 0 Å². The van der Waals surface area contributed by atoms with Crippen molar-refractivity contribution in [2.75, 3.05) is 51.8 Å². The Kier molecular flexibility index (Phi) is 22.2. The lowest BCUT2D eigenvalue weighted by atomic mass is 9.78. The van der Waals surface area contributed by atoms with E-state index in [-0.39, 0.29) is 36.0 Å². The van der Waals surface area contributed by atoms with Crippen molar-refractivity contribution >= 4 is 125 Å². The van der Waals surface area contributed by atoms with Gasteiger partial charge in [0.25, 0.3) is 0 Å². The van der Waals surface area contributed by atoms with E-state index in [1.54, 1.807) is 48.5 Å². The van der Waals surface area contributed by atoms with Gasteiger partial charge in [-0.3, -0.25) is 9.59 Å². The van der Waals surface area contributed by atoms with Crippen LogP contribution in [0.15, 0.2) is 72.8 Å². The van der Waals surface area contributed by atoms with E-state index < -0.39 is 30.9 Å². The van der Waals surface area contributed by atoms with Crippen LogP contribution < -0.4 is 20.1 Å². The van der Waals surface area contributed by atoms with Crippen LogP contribution in [0.4, 0.5) is 0 Å². The van der Waals surface area contributed by atoms with Crippen LogP contribution >= 0.6 is 92.8 Å². The van der Waals surface area contributed by atoms with E-state index in [1.807, 2.05) is 52.0 Å². The number of carbonyl (C=O) groups is 2. The third-order valence-electron chi connectivity index (χ3n) is 13.5. The minimum Gasteiger partial charge on any atom is -0.349 e. The standard InChI is InChI=1S/2C25H31Cl4N3O3S/c2*1-16(17-4-6-20(26)22(28)14-17)30-24(33)25(2,18-5-7-21(27)23(29)15-18)10-13-32-11-8-19(9-12-32)31-36(3,34)35/h2*4-7,14-16,19,31H,8-13H2,1-3H3,(H,30,33). The maximum Gasteiger partial charge on any atom is 0.230 e. The summed E-state index contributed by atoms with van der Waals surface area (Å²) in [6.45, 7) is 11.9. The predicted octanol–water partition coefficient (Wildman–Crippen LogP) is 11.7. The monoisotopic (exact) mass is 1190 g/mol. The summed E-state index contributed by atoms with van der Waals surface area (Å²) in [4.78, 5) is 32.0. The molecule has 2 heterocycles. The molecule has 4 atom stereocenters. The maximum absolute atomic E-state index is 13.7. The number of hydrogen-bond donors (Lipinski definition) is 4. The van der Waals surface area contributed by atoms with E-state index in [0.29, 0.717) is 66.1 Å². The third-order valence-corrected chi connectivity index (χ3v) is 18.0. The molecule has 2 amide bonds. The summed E-state index contributed by atoms with van der Waals surface area (Å²) in [5.74, 6) is -0.291. The molecular formula is C50H62Cl8N6O6S2. The molecule has 0 aliphatic carbocycles. The fraction of sp³-hybridized carbons (Fsp3) is 0.480. The van der Waals surface area contributed by atoms with Crippen LogP contribution in [0.1, 0.15) is 101 Å². The predicted molar refractivity (Wildman–Crippen MR) is 298 cm³/mol. The van der Waals surface area contributed by atoms with Crippen molar-refractivity contribution in [3.05, 3.63) is 135 Å². The molecule has 22 heteroatoms. The lowest BCUT2D eigenvalue weighted by Crippen LogP contribution is -2.48. The topological polar surface area (TPSA) is 157 Å². The first-order valence-electron chi connectivity index (χ1n) is 23.4. The minimum absolute atomic E-state index is 0.0620. The second kappa shape index (κ2) is 26.3. The molecule has 2 aliphatic rings. The van der Waals surface area contributed by atoms with Crippen LogP contribution in [-0.4, -0.2) is 102 Å². The quantitative estimate of drug-likeness (QED) is 0.0767. The Bertz CT molecular complexity index is 2590. The molecule has 4 unspecified atom stereocenters. The smallest absolute Gasteiger partial charge is 0.230 e. The number of likely N-dealkylation sites (tertiary alicyclic amines) is 2.